The standard InChI is InChI=1S/C24H21FN2O4S/c1-30-15-10-11-18(19(12-15)31-2)27-22(28)21-16-7-5-9-20(16)32-23(21)26(24(27)29)13-14-6-3-4-8-17(14)25/h3-4,6,8,10-12H,5,7,9,13H2,1-2H3. The fourth-order valence-corrected chi connectivity index (χ4v) is 5.70. The van der Waals surface area contributed by atoms with Crippen LogP contribution in [0.4, 0.5) is 4.39 Å². The molecule has 2 aromatic carbocycles. The molecule has 0 aliphatic heterocycles. The maximum atomic E-state index is 14.5. The van der Waals surface area contributed by atoms with Crippen LogP contribution in [0.2, 0.25) is 0 Å². The molecule has 8 heteroatoms. The summed E-state index contributed by atoms with van der Waals surface area (Å²) in [6.45, 7) is 0.0279. The zero-order valence-corrected chi connectivity index (χ0v) is 18.5. The molecule has 4 aromatic rings. The Kier molecular flexibility index (Phi) is 5.09. The predicted molar refractivity (Wildman–Crippen MR) is 122 cm³/mol. The molecule has 0 saturated heterocycles. The summed E-state index contributed by atoms with van der Waals surface area (Å²) in [4.78, 5) is 29.1. The first kappa shape index (κ1) is 20.5. The van der Waals surface area contributed by atoms with Gasteiger partial charge in [0, 0.05) is 16.5 Å². The first-order valence-electron chi connectivity index (χ1n) is 10.3. The maximum absolute atomic E-state index is 14.5. The van der Waals surface area contributed by atoms with Gasteiger partial charge in [0.2, 0.25) is 0 Å². The first-order chi connectivity index (χ1) is 15.5. The van der Waals surface area contributed by atoms with Crippen molar-refractivity contribution < 1.29 is 13.9 Å². The Labute approximate surface area is 187 Å². The number of hydrogen-bond acceptors (Lipinski definition) is 5. The summed E-state index contributed by atoms with van der Waals surface area (Å²) in [6, 6.07) is 11.3. The number of methoxy groups -OCH3 is 2. The van der Waals surface area contributed by atoms with Crippen LogP contribution in [0.15, 0.2) is 52.1 Å². The molecule has 2 heterocycles. The van der Waals surface area contributed by atoms with Crippen molar-refractivity contribution in [2.24, 2.45) is 0 Å². The monoisotopic (exact) mass is 452 g/mol. The molecule has 0 radical (unpaired) electrons. The third-order valence-corrected chi connectivity index (χ3v) is 7.22. The summed E-state index contributed by atoms with van der Waals surface area (Å²) in [7, 11) is 3.00. The second-order valence-corrected chi connectivity index (χ2v) is 8.76. The minimum Gasteiger partial charge on any atom is -0.497 e. The second-order valence-electron chi connectivity index (χ2n) is 7.68. The molecule has 164 valence electrons. The first-order valence-corrected chi connectivity index (χ1v) is 11.1. The van der Waals surface area contributed by atoms with Crippen LogP contribution < -0.4 is 20.7 Å². The summed E-state index contributed by atoms with van der Waals surface area (Å²) in [5.41, 5.74) is 0.798. The van der Waals surface area contributed by atoms with Crippen LogP contribution in [0.1, 0.15) is 22.4 Å². The average molecular weight is 453 g/mol. The van der Waals surface area contributed by atoms with E-state index in [2.05, 4.69) is 0 Å². The second kappa shape index (κ2) is 7.94. The van der Waals surface area contributed by atoms with Crippen molar-refractivity contribution in [1.82, 2.24) is 9.13 Å². The molecule has 0 spiro atoms. The quantitative estimate of drug-likeness (QED) is 0.461. The van der Waals surface area contributed by atoms with E-state index in [1.54, 1.807) is 36.4 Å². The van der Waals surface area contributed by atoms with Crippen LogP contribution in [0.5, 0.6) is 11.5 Å². The smallest absolute Gasteiger partial charge is 0.337 e. The molecule has 0 atom stereocenters. The van der Waals surface area contributed by atoms with Crippen molar-refractivity contribution in [2.75, 3.05) is 14.2 Å². The number of thiophene rings is 1. The number of hydrogen-bond donors (Lipinski definition) is 0. The molecule has 1 aliphatic rings. The lowest BCUT2D eigenvalue weighted by Gasteiger charge is -2.15. The highest BCUT2D eigenvalue weighted by molar-refractivity contribution is 7.18. The summed E-state index contributed by atoms with van der Waals surface area (Å²) < 4.78 is 27.8. The molecule has 0 unspecified atom stereocenters. The zero-order valence-electron chi connectivity index (χ0n) is 17.7. The molecule has 5 rings (SSSR count). The Morgan fingerprint density at radius 3 is 2.62 bits per heavy atom. The van der Waals surface area contributed by atoms with Crippen LogP contribution in [-0.2, 0) is 19.4 Å². The minimum atomic E-state index is -0.533. The van der Waals surface area contributed by atoms with E-state index in [9.17, 15) is 14.0 Å². The molecule has 0 saturated carbocycles. The fraction of sp³-hybridized carbons (Fsp3) is 0.250. The summed E-state index contributed by atoms with van der Waals surface area (Å²) >= 11 is 1.46. The van der Waals surface area contributed by atoms with Gasteiger partial charge in [-0.25, -0.2) is 13.8 Å². The number of halogens is 1. The number of fused-ring (bicyclic) bond motifs is 3. The Balaban J connectivity index is 1.84. The van der Waals surface area contributed by atoms with Crippen LogP contribution in [0.3, 0.4) is 0 Å². The molecule has 6 nitrogen and oxygen atoms in total. The summed E-state index contributed by atoms with van der Waals surface area (Å²) in [5.74, 6) is 0.492. The van der Waals surface area contributed by atoms with Gasteiger partial charge in [0.15, 0.2) is 0 Å². The largest absolute Gasteiger partial charge is 0.497 e. The van der Waals surface area contributed by atoms with E-state index < -0.39 is 11.5 Å². The number of aryl methyl sites for hydroxylation is 2. The van der Waals surface area contributed by atoms with Gasteiger partial charge in [0.05, 0.1) is 31.8 Å². The van der Waals surface area contributed by atoms with Gasteiger partial charge in [0.1, 0.15) is 22.1 Å². The topological polar surface area (TPSA) is 62.5 Å². The van der Waals surface area contributed by atoms with E-state index in [-0.39, 0.29) is 12.1 Å². The number of aromatic nitrogens is 2. The van der Waals surface area contributed by atoms with E-state index in [1.165, 1.54) is 36.2 Å². The van der Waals surface area contributed by atoms with Crippen molar-refractivity contribution in [3.63, 3.8) is 0 Å². The van der Waals surface area contributed by atoms with Crippen molar-refractivity contribution >= 4 is 21.6 Å². The number of benzene rings is 2. The molecule has 0 fully saturated rings. The lowest BCUT2D eigenvalue weighted by molar-refractivity contribution is 0.392. The third-order valence-electron chi connectivity index (χ3n) is 5.90. The van der Waals surface area contributed by atoms with Gasteiger partial charge < -0.3 is 9.47 Å². The van der Waals surface area contributed by atoms with Gasteiger partial charge in [0.25, 0.3) is 5.56 Å². The maximum Gasteiger partial charge on any atom is 0.337 e. The van der Waals surface area contributed by atoms with Crippen molar-refractivity contribution in [3.8, 4) is 17.2 Å². The van der Waals surface area contributed by atoms with E-state index in [4.69, 9.17) is 9.47 Å². The van der Waals surface area contributed by atoms with Gasteiger partial charge in [-0.3, -0.25) is 9.36 Å². The van der Waals surface area contributed by atoms with Gasteiger partial charge >= 0.3 is 5.69 Å². The van der Waals surface area contributed by atoms with Crippen LogP contribution >= 0.6 is 11.3 Å². The highest BCUT2D eigenvalue weighted by atomic mass is 32.1. The van der Waals surface area contributed by atoms with Crippen LogP contribution in [0, 0.1) is 5.82 Å². The molecule has 32 heavy (non-hydrogen) atoms. The normalized spacial score (nSPS) is 12.8. The Hall–Kier alpha value is -3.39. The van der Waals surface area contributed by atoms with E-state index in [0.29, 0.717) is 33.0 Å². The van der Waals surface area contributed by atoms with Gasteiger partial charge in [-0.2, -0.15) is 0 Å². The molecule has 0 bridgehead atoms. The molecular formula is C24H21FN2O4S. The van der Waals surface area contributed by atoms with Crippen LogP contribution in [0.25, 0.3) is 15.9 Å². The zero-order chi connectivity index (χ0) is 22.4. The number of nitrogens with zero attached hydrogens (tertiary/aromatic N) is 2. The van der Waals surface area contributed by atoms with E-state index in [1.807, 2.05) is 0 Å². The number of rotatable bonds is 5. The summed E-state index contributed by atoms with van der Waals surface area (Å²) in [6.07, 6.45) is 2.66. The van der Waals surface area contributed by atoms with E-state index >= 15 is 0 Å². The van der Waals surface area contributed by atoms with Gasteiger partial charge in [-0.1, -0.05) is 18.2 Å². The molecule has 0 N–H and O–H groups in total. The lowest BCUT2D eigenvalue weighted by atomic mass is 10.1. The fourth-order valence-electron chi connectivity index (χ4n) is 4.33. The van der Waals surface area contributed by atoms with Crippen LogP contribution in [-0.4, -0.2) is 23.4 Å². The molecular weight excluding hydrogens is 431 g/mol. The Bertz CT molecular complexity index is 1470. The summed E-state index contributed by atoms with van der Waals surface area (Å²) in [5, 5.41) is 0.538. The highest BCUT2D eigenvalue weighted by Gasteiger charge is 2.26. The highest BCUT2D eigenvalue weighted by Crippen LogP contribution is 2.36. The SMILES string of the molecule is COc1ccc(-n2c(=O)c3c4c(sc3n(Cc3ccccc3F)c2=O)CCC4)c(OC)c1. The van der Waals surface area contributed by atoms with Crippen molar-refractivity contribution in [3.05, 3.63) is 85.1 Å². The van der Waals surface area contributed by atoms with Crippen molar-refractivity contribution in [2.45, 2.75) is 25.8 Å². The van der Waals surface area contributed by atoms with Gasteiger partial charge in [-0.15, -0.1) is 11.3 Å². The Morgan fingerprint density at radius 2 is 1.88 bits per heavy atom. The lowest BCUT2D eigenvalue weighted by Crippen LogP contribution is -2.39. The molecule has 0 amide bonds. The van der Waals surface area contributed by atoms with Gasteiger partial charge in [-0.05, 0) is 43.0 Å². The minimum absolute atomic E-state index is 0.0279. The van der Waals surface area contributed by atoms with E-state index in [0.717, 1.165) is 34.3 Å². The average Bonchev–Trinajstić information content (AvgIpc) is 3.39. The molecule has 1 aliphatic carbocycles. The predicted octanol–water partition coefficient (Wildman–Crippen LogP) is 3.91. The third kappa shape index (κ3) is 3.14. The number of ether oxygens (including phenoxy) is 2. The van der Waals surface area contributed by atoms with Crippen molar-refractivity contribution in [1.29, 1.82) is 0 Å². The Morgan fingerprint density at radius 1 is 1.06 bits per heavy atom. The molecule has 2 aromatic heterocycles.